The van der Waals surface area contributed by atoms with Gasteiger partial charge >= 0.3 is 0 Å². The zero-order chi connectivity index (χ0) is 9.10. The highest BCUT2D eigenvalue weighted by molar-refractivity contribution is 7.08. The molecule has 0 atom stereocenters. The van der Waals surface area contributed by atoms with E-state index < -0.39 is 0 Å². The Hall–Kier alpha value is -1.13. The zero-order valence-electron chi connectivity index (χ0n) is 6.57. The van der Waals surface area contributed by atoms with Crippen molar-refractivity contribution in [2.24, 2.45) is 0 Å². The topological polar surface area (TPSA) is 37.8 Å². The first-order valence-electron chi connectivity index (χ1n) is 3.61. The molecule has 0 unspecified atom stereocenters. The second kappa shape index (κ2) is 3.72. The number of hydrogen-bond donors (Lipinski definition) is 1. The molecule has 2 aromatic heterocycles. The van der Waals surface area contributed by atoms with Gasteiger partial charge in [0.05, 0.1) is 23.1 Å². The third-order valence-corrected chi connectivity index (χ3v) is 2.28. The van der Waals surface area contributed by atoms with Crippen LogP contribution in [0, 0.1) is 0 Å². The number of anilines is 2. The molecule has 2 aromatic rings. The first-order valence-corrected chi connectivity index (χ1v) is 4.93. The molecule has 1 N–H and O–H groups in total. The van der Waals surface area contributed by atoms with Crippen molar-refractivity contribution in [1.82, 2.24) is 9.97 Å². The molecule has 5 heteroatoms. The van der Waals surface area contributed by atoms with Crippen LogP contribution in [0.15, 0.2) is 29.2 Å². The minimum absolute atomic E-state index is 0.538. The van der Waals surface area contributed by atoms with Crippen molar-refractivity contribution in [2.75, 3.05) is 5.32 Å². The monoisotopic (exact) mass is 211 g/mol. The van der Waals surface area contributed by atoms with Gasteiger partial charge in [-0.15, -0.1) is 0 Å². The Labute approximate surface area is 84.4 Å². The van der Waals surface area contributed by atoms with Crippen molar-refractivity contribution in [3.63, 3.8) is 0 Å². The molecular weight excluding hydrogens is 206 g/mol. The molecule has 0 saturated heterocycles. The van der Waals surface area contributed by atoms with Crippen molar-refractivity contribution in [3.05, 3.63) is 34.2 Å². The van der Waals surface area contributed by atoms with Gasteiger partial charge in [0.2, 0.25) is 5.95 Å². The van der Waals surface area contributed by atoms with Gasteiger partial charge in [-0.3, -0.25) is 0 Å². The van der Waals surface area contributed by atoms with Crippen LogP contribution in [0.1, 0.15) is 0 Å². The van der Waals surface area contributed by atoms with Crippen LogP contribution in [-0.2, 0) is 0 Å². The van der Waals surface area contributed by atoms with Crippen LogP contribution in [-0.4, -0.2) is 9.97 Å². The van der Waals surface area contributed by atoms with Crippen molar-refractivity contribution >= 4 is 34.6 Å². The van der Waals surface area contributed by atoms with Crippen molar-refractivity contribution in [1.29, 1.82) is 0 Å². The maximum atomic E-state index is 5.64. The molecule has 0 spiro atoms. The summed E-state index contributed by atoms with van der Waals surface area (Å²) in [5.41, 5.74) is 0.993. The lowest BCUT2D eigenvalue weighted by Crippen LogP contribution is -1.94. The molecule has 0 radical (unpaired) electrons. The summed E-state index contributed by atoms with van der Waals surface area (Å²) in [5, 5.41) is 7.55. The standard InChI is InChI=1S/C8H6ClN3S/c9-6-3-10-8(11-4-6)12-7-1-2-13-5-7/h1-5H,(H,10,11,12). The smallest absolute Gasteiger partial charge is 0.227 e. The van der Waals surface area contributed by atoms with Gasteiger partial charge in [-0.05, 0) is 11.4 Å². The molecule has 0 amide bonds. The van der Waals surface area contributed by atoms with E-state index in [2.05, 4.69) is 15.3 Å². The van der Waals surface area contributed by atoms with Gasteiger partial charge in [0, 0.05) is 5.38 Å². The summed E-state index contributed by atoms with van der Waals surface area (Å²) < 4.78 is 0. The van der Waals surface area contributed by atoms with Crippen LogP contribution >= 0.6 is 22.9 Å². The van der Waals surface area contributed by atoms with E-state index in [1.54, 1.807) is 23.7 Å². The van der Waals surface area contributed by atoms with Crippen LogP contribution in [0.3, 0.4) is 0 Å². The Balaban J connectivity index is 2.15. The SMILES string of the molecule is Clc1cnc(Nc2ccsc2)nc1. The summed E-state index contributed by atoms with van der Waals surface area (Å²) >= 11 is 7.26. The van der Waals surface area contributed by atoms with E-state index in [0.29, 0.717) is 11.0 Å². The second-order valence-corrected chi connectivity index (χ2v) is 3.58. The normalized spacial score (nSPS) is 9.92. The van der Waals surface area contributed by atoms with E-state index in [9.17, 15) is 0 Å². The molecule has 13 heavy (non-hydrogen) atoms. The van der Waals surface area contributed by atoms with Gasteiger partial charge in [-0.25, -0.2) is 9.97 Å². The van der Waals surface area contributed by atoms with Crippen molar-refractivity contribution in [2.45, 2.75) is 0 Å². The molecule has 0 aliphatic heterocycles. The number of aromatic nitrogens is 2. The maximum absolute atomic E-state index is 5.64. The Bertz CT molecular complexity index is 371. The van der Waals surface area contributed by atoms with Crippen molar-refractivity contribution < 1.29 is 0 Å². The second-order valence-electron chi connectivity index (χ2n) is 2.36. The zero-order valence-corrected chi connectivity index (χ0v) is 8.14. The van der Waals surface area contributed by atoms with Gasteiger partial charge in [0.1, 0.15) is 0 Å². The molecule has 0 fully saturated rings. The number of rotatable bonds is 2. The third kappa shape index (κ3) is 2.17. The molecule has 0 bridgehead atoms. The van der Waals surface area contributed by atoms with E-state index in [0.717, 1.165) is 5.69 Å². The minimum Gasteiger partial charge on any atom is -0.323 e. The van der Waals surface area contributed by atoms with E-state index in [4.69, 9.17) is 11.6 Å². The predicted molar refractivity (Wildman–Crippen MR) is 54.6 cm³/mol. The summed E-state index contributed by atoms with van der Waals surface area (Å²) in [5.74, 6) is 0.558. The Kier molecular flexibility index (Phi) is 2.42. The summed E-state index contributed by atoms with van der Waals surface area (Å²) in [7, 11) is 0. The predicted octanol–water partition coefficient (Wildman–Crippen LogP) is 2.94. The Morgan fingerprint density at radius 3 is 2.69 bits per heavy atom. The van der Waals surface area contributed by atoms with E-state index in [-0.39, 0.29) is 0 Å². The van der Waals surface area contributed by atoms with E-state index in [1.165, 1.54) is 0 Å². The van der Waals surface area contributed by atoms with Gasteiger partial charge in [-0.1, -0.05) is 11.6 Å². The van der Waals surface area contributed by atoms with Crippen molar-refractivity contribution in [3.8, 4) is 0 Å². The van der Waals surface area contributed by atoms with Gasteiger partial charge in [0.25, 0.3) is 0 Å². The fraction of sp³-hybridized carbons (Fsp3) is 0. The molecule has 0 aromatic carbocycles. The molecule has 2 rings (SSSR count). The van der Waals surface area contributed by atoms with Crippen LogP contribution in [0.25, 0.3) is 0 Å². The fourth-order valence-electron chi connectivity index (χ4n) is 0.842. The van der Waals surface area contributed by atoms with Crippen LogP contribution in [0.2, 0.25) is 5.02 Å². The quantitative estimate of drug-likeness (QED) is 0.830. The largest absolute Gasteiger partial charge is 0.323 e. The van der Waals surface area contributed by atoms with Crippen LogP contribution < -0.4 is 5.32 Å². The summed E-state index contributed by atoms with van der Waals surface area (Å²) in [6.07, 6.45) is 3.12. The molecule has 0 aliphatic carbocycles. The first-order chi connectivity index (χ1) is 6.34. The lowest BCUT2D eigenvalue weighted by molar-refractivity contribution is 1.17. The Morgan fingerprint density at radius 1 is 1.31 bits per heavy atom. The summed E-state index contributed by atoms with van der Waals surface area (Å²) in [6.45, 7) is 0. The number of thiophene rings is 1. The molecule has 0 saturated carbocycles. The van der Waals surface area contributed by atoms with E-state index in [1.807, 2.05) is 16.8 Å². The molecule has 3 nitrogen and oxygen atoms in total. The van der Waals surface area contributed by atoms with Gasteiger partial charge < -0.3 is 5.32 Å². The number of hydrogen-bond acceptors (Lipinski definition) is 4. The van der Waals surface area contributed by atoms with Gasteiger partial charge in [-0.2, -0.15) is 11.3 Å². The maximum Gasteiger partial charge on any atom is 0.227 e. The minimum atomic E-state index is 0.538. The lowest BCUT2D eigenvalue weighted by atomic mass is 10.5. The van der Waals surface area contributed by atoms with E-state index >= 15 is 0 Å². The number of nitrogens with zero attached hydrogens (tertiary/aromatic N) is 2. The van der Waals surface area contributed by atoms with Crippen LogP contribution in [0.4, 0.5) is 11.6 Å². The highest BCUT2D eigenvalue weighted by Gasteiger charge is 1.96. The number of nitrogens with one attached hydrogen (secondary N) is 1. The molecule has 0 aliphatic rings. The number of halogens is 1. The average molecular weight is 212 g/mol. The highest BCUT2D eigenvalue weighted by atomic mass is 35.5. The summed E-state index contributed by atoms with van der Waals surface area (Å²) in [4.78, 5) is 8.01. The summed E-state index contributed by atoms with van der Waals surface area (Å²) in [6, 6.07) is 1.96. The first kappa shape index (κ1) is 8.47. The molecular formula is C8H6ClN3S. The highest BCUT2D eigenvalue weighted by Crippen LogP contribution is 2.16. The lowest BCUT2D eigenvalue weighted by Gasteiger charge is -1.99. The average Bonchev–Trinajstić information content (AvgIpc) is 2.62. The Morgan fingerprint density at radius 2 is 2.08 bits per heavy atom. The molecule has 66 valence electrons. The van der Waals surface area contributed by atoms with Gasteiger partial charge in [0.15, 0.2) is 0 Å². The fourth-order valence-corrected chi connectivity index (χ4v) is 1.53. The molecule has 2 heterocycles. The van der Waals surface area contributed by atoms with Crippen LogP contribution in [0.5, 0.6) is 0 Å². The third-order valence-electron chi connectivity index (χ3n) is 1.40.